The number of nitrogens with one attached hydrogen (secondary N) is 2. The number of carbonyl (C=O) groups excluding carboxylic acids is 2. The third kappa shape index (κ3) is 5.96. The molecule has 30 heavy (non-hydrogen) atoms. The second kappa shape index (κ2) is 9.76. The number of carbonyl (C=O) groups is 2. The van der Waals surface area contributed by atoms with E-state index in [9.17, 15) is 38.0 Å². The molecule has 0 aliphatic rings. The number of benzene rings is 1. The lowest BCUT2D eigenvalue weighted by Gasteiger charge is -2.25. The molecule has 2 amide bonds. The fourth-order valence-electron chi connectivity index (χ4n) is 2.55. The molecular weight excluding hydrogens is 413 g/mol. The lowest BCUT2D eigenvalue weighted by atomic mass is 10.3. The Morgan fingerprint density at radius 3 is 2.47 bits per heavy atom. The van der Waals surface area contributed by atoms with E-state index in [0.717, 1.165) is 4.90 Å². The normalized spacial score (nSPS) is 11.3. The zero-order valence-corrected chi connectivity index (χ0v) is 15.6. The van der Waals surface area contributed by atoms with Gasteiger partial charge in [0.15, 0.2) is 10.1 Å². The molecule has 2 rings (SSSR count). The minimum atomic E-state index is -5.00. The Bertz CT molecular complexity index is 965. The Balaban J connectivity index is 1.82. The number of para-hydroxylation sites is 2. The van der Waals surface area contributed by atoms with Crippen molar-refractivity contribution in [1.29, 1.82) is 0 Å². The van der Waals surface area contributed by atoms with Crippen molar-refractivity contribution in [2.75, 3.05) is 31.5 Å². The van der Waals surface area contributed by atoms with Gasteiger partial charge in [0.1, 0.15) is 6.09 Å². The number of hydrogen-bond acceptors (Lipinski definition) is 7. The second-order valence-electron chi connectivity index (χ2n) is 6.14. The molecule has 14 heteroatoms. The Hall–Kier alpha value is -3.58. The van der Waals surface area contributed by atoms with Crippen LogP contribution in [0.25, 0.3) is 11.0 Å². The van der Waals surface area contributed by atoms with Crippen molar-refractivity contribution < 1.29 is 37.6 Å². The van der Waals surface area contributed by atoms with E-state index in [1.54, 1.807) is 17.4 Å². The van der Waals surface area contributed by atoms with Gasteiger partial charge in [-0.2, -0.15) is 13.2 Å². The molecule has 0 aliphatic carbocycles. The Morgan fingerprint density at radius 1 is 1.20 bits per heavy atom. The van der Waals surface area contributed by atoms with Gasteiger partial charge in [0.2, 0.25) is 0 Å². The summed E-state index contributed by atoms with van der Waals surface area (Å²) >= 11 is 0. The highest BCUT2D eigenvalue weighted by Crippen LogP contribution is 2.14. The lowest BCUT2D eigenvalue weighted by molar-refractivity contribution is -0.535. The van der Waals surface area contributed by atoms with Crippen LogP contribution in [0.2, 0.25) is 0 Å². The van der Waals surface area contributed by atoms with Gasteiger partial charge in [-0.15, -0.1) is 4.73 Å². The average Bonchev–Trinajstić information content (AvgIpc) is 2.69. The van der Waals surface area contributed by atoms with Gasteiger partial charge in [-0.3, -0.25) is 4.79 Å². The van der Waals surface area contributed by atoms with Gasteiger partial charge in [-0.05, 0) is 18.9 Å². The molecule has 1 aromatic heterocycles. The molecule has 1 heterocycles. The first-order valence-electron chi connectivity index (χ1n) is 8.80. The lowest BCUT2D eigenvalue weighted by Crippen LogP contribution is -2.44. The molecule has 0 unspecified atom stereocenters. The van der Waals surface area contributed by atoms with Crippen LogP contribution in [-0.4, -0.2) is 64.3 Å². The molecule has 0 radical (unpaired) electrons. The first-order valence-corrected chi connectivity index (χ1v) is 8.80. The molecule has 0 bridgehead atoms. The van der Waals surface area contributed by atoms with Crippen molar-refractivity contribution in [3.63, 3.8) is 0 Å². The van der Waals surface area contributed by atoms with Crippen LogP contribution in [0.4, 0.5) is 23.9 Å². The molecule has 0 aliphatic heterocycles. The van der Waals surface area contributed by atoms with Crippen LogP contribution < -0.4 is 20.3 Å². The summed E-state index contributed by atoms with van der Waals surface area (Å²) in [5.74, 6) is -2.25. The van der Waals surface area contributed by atoms with E-state index in [1.807, 2.05) is 0 Å². The van der Waals surface area contributed by atoms with Crippen molar-refractivity contribution in [3.8, 4) is 0 Å². The number of aromatic nitrogens is 3. The van der Waals surface area contributed by atoms with E-state index in [-0.39, 0.29) is 56.0 Å². The van der Waals surface area contributed by atoms with Gasteiger partial charge in [0, 0.05) is 32.2 Å². The maximum atomic E-state index is 12.1. The van der Waals surface area contributed by atoms with Crippen molar-refractivity contribution in [3.05, 3.63) is 29.2 Å². The highest BCUT2D eigenvalue weighted by molar-refractivity contribution is 5.81. The summed E-state index contributed by atoms with van der Waals surface area (Å²) in [7, 11) is 0. The topological polar surface area (TPSA) is 146 Å². The monoisotopic (exact) mass is 432 g/mol. The molecule has 2 aromatic rings. The van der Waals surface area contributed by atoms with Crippen molar-refractivity contribution in [2.24, 2.45) is 0 Å². The molecule has 164 valence electrons. The van der Waals surface area contributed by atoms with Gasteiger partial charge in [-0.25, -0.2) is 0 Å². The number of alkyl halides is 3. The first kappa shape index (κ1) is 22.7. The maximum absolute atomic E-state index is 12.1. The Kier molecular flexibility index (Phi) is 7.38. The van der Waals surface area contributed by atoms with Gasteiger partial charge in [0.25, 0.3) is 0 Å². The molecule has 3 N–H and O–H groups in total. The predicted molar refractivity (Wildman–Crippen MR) is 94.0 cm³/mol. The molecule has 0 fully saturated rings. The zero-order valence-electron chi connectivity index (χ0n) is 15.6. The quantitative estimate of drug-likeness (QED) is 0.280. The third-order valence-electron chi connectivity index (χ3n) is 4.00. The van der Waals surface area contributed by atoms with Crippen LogP contribution in [0.5, 0.6) is 0 Å². The molecule has 11 nitrogen and oxygen atoms in total. The summed E-state index contributed by atoms with van der Waals surface area (Å²) in [5, 5.41) is 29.2. The van der Waals surface area contributed by atoms with Crippen LogP contribution in [-0.2, 0) is 4.79 Å². The van der Waals surface area contributed by atoms with Crippen LogP contribution >= 0.6 is 0 Å². The zero-order chi connectivity index (χ0) is 22.3. The largest absolute Gasteiger partial charge is 0.530 e. The summed E-state index contributed by atoms with van der Waals surface area (Å²) in [6, 6.07) is 6.20. The number of hydrogen-bond donors (Lipinski definition) is 3. The molecule has 0 spiro atoms. The summed E-state index contributed by atoms with van der Waals surface area (Å²) in [6.45, 7) is -0.399. The highest BCUT2D eigenvalue weighted by atomic mass is 19.4. The fraction of sp³-hybridized carbons (Fsp3) is 0.438. The van der Waals surface area contributed by atoms with E-state index in [0.29, 0.717) is 9.27 Å². The summed E-state index contributed by atoms with van der Waals surface area (Å²) in [4.78, 5) is 34.6. The first-order chi connectivity index (χ1) is 14.1. The van der Waals surface area contributed by atoms with Crippen molar-refractivity contribution in [2.45, 2.75) is 19.0 Å². The highest BCUT2D eigenvalue weighted by Gasteiger charge is 2.38. The number of fused-ring (bicyclic) bond motifs is 1. The number of nitrogens with zero attached hydrogens (tertiary/aromatic N) is 4. The van der Waals surface area contributed by atoms with Crippen LogP contribution in [0.1, 0.15) is 12.8 Å². The molecule has 1 aromatic carbocycles. The molecular formula is C16H19F3N6O5. The second-order valence-corrected chi connectivity index (χ2v) is 6.14. The smallest absolute Gasteiger partial charge is 0.471 e. The van der Waals surface area contributed by atoms with Crippen LogP contribution in [0, 0.1) is 4.91 Å². The van der Waals surface area contributed by atoms with E-state index in [2.05, 4.69) is 10.4 Å². The fourth-order valence-corrected chi connectivity index (χ4v) is 2.55. The molecule has 0 atom stereocenters. The van der Waals surface area contributed by atoms with E-state index >= 15 is 0 Å². The van der Waals surface area contributed by atoms with Crippen LogP contribution in [0.3, 0.4) is 0 Å². The SMILES string of the molecule is O=C([O-])N(CCCNC(=O)C(F)(F)F)CCCNc1n[n+](=O)c2ccccc2n1O. The summed E-state index contributed by atoms with van der Waals surface area (Å²) in [6.07, 6.45) is -6.34. The Morgan fingerprint density at radius 2 is 1.83 bits per heavy atom. The third-order valence-corrected chi connectivity index (χ3v) is 4.00. The summed E-state index contributed by atoms with van der Waals surface area (Å²) < 4.78 is 37.2. The Labute approximate surface area is 167 Å². The van der Waals surface area contributed by atoms with Gasteiger partial charge < -0.3 is 30.6 Å². The maximum Gasteiger partial charge on any atom is 0.471 e. The van der Waals surface area contributed by atoms with E-state index in [4.69, 9.17) is 0 Å². The van der Waals surface area contributed by atoms with Gasteiger partial charge >= 0.3 is 23.5 Å². The average molecular weight is 432 g/mol. The van der Waals surface area contributed by atoms with Crippen LogP contribution in [0.15, 0.2) is 24.3 Å². The summed E-state index contributed by atoms with van der Waals surface area (Å²) in [5.41, 5.74) is 0.355. The van der Waals surface area contributed by atoms with Gasteiger partial charge in [0.05, 0.1) is 10.0 Å². The number of rotatable bonds is 9. The van der Waals surface area contributed by atoms with Crippen molar-refractivity contribution >= 4 is 29.0 Å². The number of anilines is 1. The van der Waals surface area contributed by atoms with E-state index < -0.39 is 18.2 Å². The minimum Gasteiger partial charge on any atom is -0.530 e. The number of carboxylic acid groups (broad SMARTS) is 1. The van der Waals surface area contributed by atoms with E-state index in [1.165, 1.54) is 12.1 Å². The van der Waals surface area contributed by atoms with Crippen molar-refractivity contribution in [1.82, 2.24) is 20.0 Å². The minimum absolute atomic E-state index is 0.0288. The molecule has 0 saturated heterocycles. The standard InChI is InChI=1S/C16H19F3N6O5/c17-16(18,19)13(26)20-7-3-9-23(15(27)28)10-4-8-21-14-22-25(30)12-6-2-1-5-11(12)24(14)29/h1-2,5-6,29H,3-4,7-10H2,(H2-,20,21,22,26,27,28,30). The number of amides is 2. The van der Waals surface area contributed by atoms with Gasteiger partial charge in [-0.1, -0.05) is 12.1 Å². The predicted octanol–water partition coefficient (Wildman–Crippen LogP) is -0.296. The number of halogens is 3. The molecule has 0 saturated carbocycles.